The van der Waals surface area contributed by atoms with E-state index in [9.17, 15) is 0 Å². The number of rotatable bonds is 7. The fourth-order valence-electron chi connectivity index (χ4n) is 7.62. The van der Waals surface area contributed by atoms with Crippen molar-refractivity contribution in [1.82, 2.24) is 9.97 Å². The zero-order valence-corrected chi connectivity index (χ0v) is 29.4. The molecule has 0 aliphatic heterocycles. The summed E-state index contributed by atoms with van der Waals surface area (Å²) in [7, 11) is 0. The zero-order valence-electron chi connectivity index (χ0n) is 29.4. The highest BCUT2D eigenvalue weighted by Gasteiger charge is 2.19. The summed E-state index contributed by atoms with van der Waals surface area (Å²) < 4.78 is 0. The second-order valence-corrected chi connectivity index (χ2v) is 13.6. The topological polar surface area (TPSA) is 32.3 Å². The van der Waals surface area contributed by atoms with E-state index in [1.807, 2.05) is 24.5 Å². The van der Waals surface area contributed by atoms with Crippen LogP contribution in [0.25, 0.3) is 54.5 Å². The third-order valence-corrected chi connectivity index (χ3v) is 10.2. The number of fused-ring (bicyclic) bond motifs is 4. The average Bonchev–Trinajstić information content (AvgIpc) is 3.24. The van der Waals surface area contributed by atoms with Crippen LogP contribution in [0.2, 0.25) is 0 Å². The molecule has 0 radical (unpaired) electrons. The predicted octanol–water partition coefficient (Wildman–Crippen LogP) is 13.7. The Morgan fingerprint density at radius 3 is 1.67 bits per heavy atom. The molecule has 0 bridgehead atoms. The maximum Gasteiger partial charge on any atom is 0.0722 e. The van der Waals surface area contributed by atoms with Crippen molar-refractivity contribution in [3.8, 4) is 11.1 Å². The van der Waals surface area contributed by atoms with Gasteiger partial charge in [0.05, 0.1) is 16.7 Å². The van der Waals surface area contributed by atoms with Crippen molar-refractivity contribution in [2.45, 2.75) is 0 Å². The molecule has 0 aliphatic rings. The molecule has 0 aliphatic carbocycles. The van der Waals surface area contributed by atoms with Gasteiger partial charge in [-0.15, -0.1) is 0 Å². The first-order valence-electron chi connectivity index (χ1n) is 18.2. The molecule has 0 saturated carbocycles. The lowest BCUT2D eigenvalue weighted by Crippen LogP contribution is -2.13. The van der Waals surface area contributed by atoms with Gasteiger partial charge in [0.2, 0.25) is 0 Å². The molecule has 0 spiro atoms. The third kappa shape index (κ3) is 5.76. The van der Waals surface area contributed by atoms with Crippen LogP contribution in [0.1, 0.15) is 0 Å². The number of para-hydroxylation sites is 1. The molecule has 0 fully saturated rings. The van der Waals surface area contributed by atoms with Crippen LogP contribution in [0.5, 0.6) is 0 Å². The maximum atomic E-state index is 4.72. The summed E-state index contributed by atoms with van der Waals surface area (Å²) in [4.78, 5) is 14.0. The van der Waals surface area contributed by atoms with Gasteiger partial charge in [0, 0.05) is 57.0 Å². The van der Waals surface area contributed by atoms with Crippen LogP contribution in [0.15, 0.2) is 207 Å². The Bertz CT molecular complexity index is 2970. The smallest absolute Gasteiger partial charge is 0.0722 e. The SMILES string of the molecule is c1ccc(N(c2cccc(N(c3ccc4cccnc4c3)c3cccc4ccccc34)c2)c2ccc3ccc(-c4ccc5cccnc5c4)cc3c2)cc1. The summed E-state index contributed by atoms with van der Waals surface area (Å²) in [5.74, 6) is 0. The monoisotopic (exact) mass is 690 g/mol. The molecule has 8 aromatic carbocycles. The highest BCUT2D eigenvalue weighted by molar-refractivity contribution is 6.00. The van der Waals surface area contributed by atoms with Crippen LogP contribution in [0.4, 0.5) is 34.1 Å². The minimum atomic E-state index is 0.956. The van der Waals surface area contributed by atoms with E-state index in [4.69, 9.17) is 4.98 Å². The van der Waals surface area contributed by atoms with Crippen LogP contribution >= 0.6 is 0 Å². The number of hydrogen-bond acceptors (Lipinski definition) is 4. The van der Waals surface area contributed by atoms with Gasteiger partial charge in [-0.2, -0.15) is 0 Å². The number of aromatic nitrogens is 2. The molecule has 4 nitrogen and oxygen atoms in total. The van der Waals surface area contributed by atoms with Crippen LogP contribution in [0, 0.1) is 0 Å². The van der Waals surface area contributed by atoms with Crippen molar-refractivity contribution in [2.24, 2.45) is 0 Å². The third-order valence-electron chi connectivity index (χ3n) is 10.2. The molecule has 10 aromatic rings. The van der Waals surface area contributed by atoms with Crippen LogP contribution in [-0.2, 0) is 0 Å². The molecular weight excluding hydrogens is 657 g/mol. The minimum absolute atomic E-state index is 0.956. The number of hydrogen-bond donors (Lipinski definition) is 0. The molecule has 10 rings (SSSR count). The lowest BCUT2D eigenvalue weighted by molar-refractivity contribution is 1.26. The van der Waals surface area contributed by atoms with Gasteiger partial charge in [-0.3, -0.25) is 9.97 Å². The van der Waals surface area contributed by atoms with Gasteiger partial charge in [0.15, 0.2) is 0 Å². The Morgan fingerprint density at radius 1 is 0.296 bits per heavy atom. The average molecular weight is 691 g/mol. The molecule has 0 N–H and O–H groups in total. The summed E-state index contributed by atoms with van der Waals surface area (Å²) >= 11 is 0. The van der Waals surface area contributed by atoms with E-state index >= 15 is 0 Å². The molecule has 4 heteroatoms. The van der Waals surface area contributed by atoms with Gasteiger partial charge in [0.25, 0.3) is 0 Å². The second-order valence-electron chi connectivity index (χ2n) is 13.6. The number of anilines is 6. The van der Waals surface area contributed by atoms with Crippen molar-refractivity contribution >= 4 is 77.5 Å². The molecule has 0 atom stereocenters. The van der Waals surface area contributed by atoms with Gasteiger partial charge in [-0.05, 0) is 112 Å². The Labute approximate surface area is 313 Å². The van der Waals surface area contributed by atoms with E-state index < -0.39 is 0 Å². The first-order chi connectivity index (χ1) is 26.7. The predicted molar refractivity (Wildman–Crippen MR) is 227 cm³/mol. The fraction of sp³-hybridized carbons (Fsp3) is 0. The molecule has 54 heavy (non-hydrogen) atoms. The lowest BCUT2D eigenvalue weighted by Gasteiger charge is -2.30. The molecular formula is C50H34N4. The van der Waals surface area contributed by atoms with Crippen LogP contribution < -0.4 is 9.80 Å². The van der Waals surface area contributed by atoms with Crippen molar-refractivity contribution in [1.29, 1.82) is 0 Å². The van der Waals surface area contributed by atoms with E-state index in [1.54, 1.807) is 0 Å². The number of nitrogens with zero attached hydrogens (tertiary/aromatic N) is 4. The Kier molecular flexibility index (Phi) is 7.77. The molecule has 0 amide bonds. The molecule has 254 valence electrons. The number of benzene rings is 8. The Hall–Kier alpha value is -7.30. The van der Waals surface area contributed by atoms with E-state index in [2.05, 4.69) is 197 Å². The summed E-state index contributed by atoms with van der Waals surface area (Å²) in [6.45, 7) is 0. The lowest BCUT2D eigenvalue weighted by atomic mass is 9.99. The molecule has 2 aromatic heterocycles. The van der Waals surface area contributed by atoms with E-state index in [-0.39, 0.29) is 0 Å². The van der Waals surface area contributed by atoms with Gasteiger partial charge in [0.1, 0.15) is 0 Å². The highest BCUT2D eigenvalue weighted by Crippen LogP contribution is 2.43. The number of pyridine rings is 2. The fourth-order valence-corrected chi connectivity index (χ4v) is 7.62. The van der Waals surface area contributed by atoms with Gasteiger partial charge >= 0.3 is 0 Å². The summed E-state index contributed by atoms with van der Waals surface area (Å²) in [5, 5.41) is 6.98. The van der Waals surface area contributed by atoms with E-state index in [0.717, 1.165) is 67.1 Å². The Morgan fingerprint density at radius 2 is 0.852 bits per heavy atom. The zero-order chi connectivity index (χ0) is 35.8. The van der Waals surface area contributed by atoms with Gasteiger partial charge in [-0.1, -0.05) is 109 Å². The van der Waals surface area contributed by atoms with Crippen molar-refractivity contribution in [2.75, 3.05) is 9.80 Å². The van der Waals surface area contributed by atoms with Crippen molar-refractivity contribution in [3.63, 3.8) is 0 Å². The summed E-state index contributed by atoms with van der Waals surface area (Å²) in [6.07, 6.45) is 3.71. The maximum absolute atomic E-state index is 4.72. The highest BCUT2D eigenvalue weighted by atomic mass is 15.2. The van der Waals surface area contributed by atoms with Gasteiger partial charge in [-0.25, -0.2) is 0 Å². The Balaban J connectivity index is 1.12. The van der Waals surface area contributed by atoms with Crippen LogP contribution in [0.3, 0.4) is 0 Å². The van der Waals surface area contributed by atoms with Crippen molar-refractivity contribution < 1.29 is 0 Å². The first-order valence-corrected chi connectivity index (χ1v) is 18.2. The normalized spacial score (nSPS) is 11.3. The molecule has 2 heterocycles. The summed E-state index contributed by atoms with van der Waals surface area (Å²) in [5.41, 5.74) is 10.7. The van der Waals surface area contributed by atoms with Crippen molar-refractivity contribution in [3.05, 3.63) is 207 Å². The molecule has 0 unspecified atom stereocenters. The molecule has 0 saturated heterocycles. The second kappa shape index (κ2) is 13.4. The summed E-state index contributed by atoms with van der Waals surface area (Å²) in [6, 6.07) is 69.3. The van der Waals surface area contributed by atoms with Crippen LogP contribution in [-0.4, -0.2) is 9.97 Å². The van der Waals surface area contributed by atoms with E-state index in [0.29, 0.717) is 0 Å². The van der Waals surface area contributed by atoms with E-state index in [1.165, 1.54) is 21.5 Å². The first kappa shape index (κ1) is 31.4. The standard InChI is InChI=1S/C50H34N4/c1-2-14-42(15-3-1)53(45-26-24-35-20-22-39(30-41(35)31-45)40-23-21-37-12-8-28-51-48(37)32-40)43-16-7-17-44(33-43)54(46-27-25-38-13-9-29-52-49(38)34-46)50-19-6-11-36-10-4-5-18-47(36)50/h1-34H. The largest absolute Gasteiger partial charge is 0.310 e. The quantitative estimate of drug-likeness (QED) is 0.167. The minimum Gasteiger partial charge on any atom is -0.310 e. The van der Waals surface area contributed by atoms with Gasteiger partial charge < -0.3 is 9.80 Å².